The van der Waals surface area contributed by atoms with E-state index in [0.29, 0.717) is 51.4 Å². The van der Waals surface area contributed by atoms with Crippen LogP contribution in [-0.4, -0.2) is 237 Å². The van der Waals surface area contributed by atoms with E-state index in [2.05, 4.69) is 5.32 Å². The fraction of sp³-hybridized carbons (Fsp3) is 0.690. The molecule has 8 bridgehead atoms. The van der Waals surface area contributed by atoms with Crippen molar-refractivity contribution in [2.45, 2.75) is 255 Å². The number of alkyl halides is 51. The fourth-order valence-corrected chi connectivity index (χ4v) is 13.7. The molecule has 1 fully saturated rings. The third-order valence-corrected chi connectivity index (χ3v) is 22.0. The molecule has 5 heterocycles. The lowest BCUT2D eigenvalue weighted by atomic mass is 9.86. The van der Waals surface area contributed by atoms with Gasteiger partial charge >= 0.3 is 149 Å². The maximum Gasteiger partial charge on any atom is 0.460 e. The molecule has 2 atom stereocenters. The van der Waals surface area contributed by atoms with Gasteiger partial charge in [0.1, 0.15) is 5.76 Å². The molecule has 0 unspecified atom stereocenters. The van der Waals surface area contributed by atoms with E-state index >= 15 is 35.1 Å². The van der Waals surface area contributed by atoms with Gasteiger partial charge in [0.05, 0.1) is 53.9 Å². The van der Waals surface area contributed by atoms with E-state index in [4.69, 9.17) is 19.7 Å². The van der Waals surface area contributed by atoms with Crippen LogP contribution < -0.4 is 5.32 Å². The van der Waals surface area contributed by atoms with Crippen LogP contribution in [-0.2, 0) is 19.1 Å². The van der Waals surface area contributed by atoms with Crippen LogP contribution in [0.2, 0.25) is 0 Å². The molecule has 0 saturated carbocycles. The number of hydrogen-bond acceptors (Lipinski definition) is 10. The zero-order chi connectivity index (χ0) is 105. The van der Waals surface area contributed by atoms with Crippen molar-refractivity contribution in [3.63, 3.8) is 0 Å². The lowest BCUT2D eigenvalue weighted by molar-refractivity contribution is -0.461. The third-order valence-electron chi connectivity index (χ3n) is 22.0. The van der Waals surface area contributed by atoms with Crippen molar-refractivity contribution in [3.05, 3.63) is 91.5 Å². The zero-order valence-electron chi connectivity index (χ0n) is 66.7. The van der Waals surface area contributed by atoms with E-state index in [1.807, 2.05) is 0 Å². The van der Waals surface area contributed by atoms with Gasteiger partial charge in [-0.25, -0.2) is 15.0 Å². The highest BCUT2D eigenvalue weighted by Gasteiger charge is 2.99. The average molecular weight is 2060 g/mol. The molecule has 0 aromatic heterocycles. The Morgan fingerprint density at radius 2 is 0.731 bits per heavy atom. The van der Waals surface area contributed by atoms with Crippen molar-refractivity contribution >= 4 is 34.9 Å². The van der Waals surface area contributed by atoms with E-state index in [0.717, 1.165) is 5.57 Å². The van der Waals surface area contributed by atoms with Crippen molar-refractivity contribution in [1.29, 1.82) is 0 Å². The molecule has 63 heteroatoms. The lowest BCUT2D eigenvalue weighted by Crippen LogP contribution is -2.74. The molecule has 2 amide bonds. The molecule has 1 aliphatic carbocycles. The molecule has 1 saturated heterocycles. The number of aliphatic imine (C=N–C) groups is 3. The summed E-state index contributed by atoms with van der Waals surface area (Å²) in [5.74, 6) is -196. The number of amides is 2. The van der Waals surface area contributed by atoms with Crippen LogP contribution in [0, 0.1) is 11.8 Å². The molecule has 6 rings (SSSR count). The van der Waals surface area contributed by atoms with Gasteiger partial charge in [0, 0.05) is 105 Å². The minimum absolute atomic E-state index is 0.187. The van der Waals surface area contributed by atoms with Crippen LogP contribution in [0.25, 0.3) is 0 Å². The third kappa shape index (κ3) is 17.9. The number of halogens is 51. The number of carbonyl (C=O) groups is 3. The van der Waals surface area contributed by atoms with E-state index in [1.54, 1.807) is 46.8 Å². The smallest absolute Gasteiger partial charge is 0.460 e. The number of allylic oxidation sites excluding steroid dienone is 11. The number of aliphatic hydroxyl groups is 2. The van der Waals surface area contributed by atoms with Crippen LogP contribution >= 0.6 is 0 Å². The van der Waals surface area contributed by atoms with Crippen molar-refractivity contribution in [2.24, 2.45) is 26.8 Å². The Balaban J connectivity index is 1.40. The topological polar surface area (TPSA) is 156 Å². The Labute approximate surface area is 714 Å². The second-order valence-electron chi connectivity index (χ2n) is 30.5. The van der Waals surface area contributed by atoms with E-state index in [1.165, 1.54) is 6.08 Å². The molecule has 6 aliphatic rings. The maximum atomic E-state index is 15.3. The first-order valence-corrected chi connectivity index (χ1v) is 37.0. The lowest BCUT2D eigenvalue weighted by Gasteiger charge is -2.43. The van der Waals surface area contributed by atoms with Crippen molar-refractivity contribution in [3.8, 4) is 0 Å². The van der Waals surface area contributed by atoms with Gasteiger partial charge in [-0.15, -0.1) is 0 Å². The van der Waals surface area contributed by atoms with Crippen LogP contribution in [0.5, 0.6) is 0 Å². The van der Waals surface area contributed by atoms with Gasteiger partial charge in [0.25, 0.3) is 0 Å². The van der Waals surface area contributed by atoms with Gasteiger partial charge in [-0.3, -0.25) is 14.4 Å². The van der Waals surface area contributed by atoms with Crippen molar-refractivity contribution in [1.82, 2.24) is 15.1 Å². The second kappa shape index (κ2) is 35.6. The number of nitrogens with zero attached hydrogens (tertiary/aromatic N) is 5. The van der Waals surface area contributed by atoms with Gasteiger partial charge in [-0.05, 0) is 93.4 Å². The molecule has 134 heavy (non-hydrogen) atoms. The number of ether oxygens (including phenoxy) is 1. The van der Waals surface area contributed by atoms with Gasteiger partial charge in [0.15, 0.2) is 0 Å². The summed E-state index contributed by atoms with van der Waals surface area (Å²) in [6.07, 6.45) is -45.3. The largest absolute Gasteiger partial charge is 0.511 e. The molecule has 0 spiro atoms. The van der Waals surface area contributed by atoms with Crippen molar-refractivity contribution < 1.29 is 253 Å². The van der Waals surface area contributed by atoms with Gasteiger partial charge in [0.2, 0.25) is 11.8 Å². The quantitative estimate of drug-likeness (QED) is 0.0312. The first kappa shape index (κ1) is 114. The maximum absolute atomic E-state index is 15.3. The molecule has 0 aromatic carbocycles. The number of nitrogens with one attached hydrogen (secondary N) is 1. The highest BCUT2D eigenvalue weighted by molar-refractivity contribution is 6.21. The van der Waals surface area contributed by atoms with E-state index in [-0.39, 0.29) is 52.7 Å². The zero-order valence-corrected chi connectivity index (χ0v) is 66.7. The van der Waals surface area contributed by atoms with Gasteiger partial charge < -0.3 is 30.1 Å². The minimum atomic E-state index is -9.45. The summed E-state index contributed by atoms with van der Waals surface area (Å²) in [5, 5.41) is 25.2. The molecule has 0 aromatic rings. The van der Waals surface area contributed by atoms with Gasteiger partial charge in [-0.1, -0.05) is 13.8 Å². The molecule has 0 radical (unpaired) electrons. The first-order valence-electron chi connectivity index (χ1n) is 37.0. The molecule has 766 valence electrons. The average Bonchev–Trinajstić information content (AvgIpc) is 1.07. The standard InChI is InChI=1S/C71H59F51N6O6/c1-6-31-27(2)36-24-40-34(26-129)29(4)35(124-40)23-37-28(3)32(46(125-37)33-22-41(130)45-30(5)38(126-47(33)45)25-39(31)123-36)10-7-21-134-44(133)13-20-128(18-9-15-49(74,75)52(80,81)55(86,87)58(92,93)61(98,99)64(104,105)67(110,111)70(117,118)119)43(132)12-19-127(17-8-14-48(72,73)51(78,79)54(84,85)57(90,91)60(96,97)63(102,103)66(108,109)69(114,115)116)42(131)11-16-50(76,77)53(82,83)56(88,89)59(94,95)62(100,101)65(106,107)68(112,113)71(120,121)122/h23-25,28,32,125,129-130H,6-22,26H2,1-5H3/t28-,32-/m0/s1. The summed E-state index contributed by atoms with van der Waals surface area (Å²) in [6, 6.07) is 0. The summed E-state index contributed by atoms with van der Waals surface area (Å²) in [4.78, 5) is 53.5. The van der Waals surface area contributed by atoms with Crippen LogP contribution in [0.15, 0.2) is 106 Å². The number of fused-ring (bicyclic) bond motifs is 5. The normalized spacial score (nSPS) is 19.1. The summed E-state index contributed by atoms with van der Waals surface area (Å²) >= 11 is 0. The number of hydrogen-bond donors (Lipinski definition) is 3. The van der Waals surface area contributed by atoms with Gasteiger partial charge in [-0.2, -0.15) is 224 Å². The highest BCUT2D eigenvalue weighted by Crippen LogP contribution is 2.69. The number of carbonyl (C=O) groups excluding carboxylic acids is 3. The Hall–Kier alpha value is -8.67. The first-order chi connectivity index (χ1) is 59.5. The Morgan fingerprint density at radius 1 is 0.403 bits per heavy atom. The molecule has 5 aliphatic heterocycles. The summed E-state index contributed by atoms with van der Waals surface area (Å²) in [5.41, 5.74) is 5.48. The van der Waals surface area contributed by atoms with E-state index in [9.17, 15) is 213 Å². The molecular weight excluding hydrogens is 2000 g/mol. The number of aliphatic hydroxyl groups excluding tert-OH is 2. The summed E-state index contributed by atoms with van der Waals surface area (Å²) in [7, 11) is 0. The summed E-state index contributed by atoms with van der Waals surface area (Å²) < 4.78 is 727. The van der Waals surface area contributed by atoms with Crippen LogP contribution in [0.3, 0.4) is 0 Å². The van der Waals surface area contributed by atoms with Crippen molar-refractivity contribution in [2.75, 3.05) is 39.4 Å². The van der Waals surface area contributed by atoms with Crippen LogP contribution in [0.1, 0.15) is 112 Å². The SMILES string of the molecule is CCC1=C(C)C2=NC1=CC1=C(C)C3=C(O)CC(=C4NC(=CC5=NC(=C2)C(CO)=C5C)[C@@H](C)[C@@H]4CCCOC(=O)CCN(CCCC(F)(F)C(F)(F)C(F)(F)C(F)(F)C(F)(F)C(F)(F)C(F)(F)C(F)(F)F)C(=O)CCN(CCCC(F)(F)C(F)(F)C(F)(F)C(F)(F)C(F)(F)C(F)(F)C(F)(F)C(F)(F)F)C(=O)CCC(F)(F)C(F)(F)C(F)(F)C(F)(F)C(F)(F)C(F)(F)C(F)(F)C(F)(F)F)C3=N1. The minimum Gasteiger partial charge on any atom is -0.511 e. The molecule has 12 nitrogen and oxygen atoms in total. The summed E-state index contributed by atoms with van der Waals surface area (Å²) in [6.45, 7) is -2.75. The fourth-order valence-electron chi connectivity index (χ4n) is 13.7. The monoisotopic (exact) mass is 2060 g/mol. The predicted molar refractivity (Wildman–Crippen MR) is 351 cm³/mol. The molecular formula is C71H59F51N6O6. The second-order valence-corrected chi connectivity index (χ2v) is 30.5. The highest BCUT2D eigenvalue weighted by atomic mass is 19.5. The Bertz CT molecular complexity index is 4870. The van der Waals surface area contributed by atoms with E-state index < -0.39 is 280 Å². The predicted octanol–water partition coefficient (Wildman–Crippen LogP) is 23.8. The molecule has 3 N–H and O–H groups in total. The Kier molecular flexibility index (Phi) is 30.3. The number of rotatable bonds is 41. The van der Waals surface area contributed by atoms with Crippen LogP contribution in [0.4, 0.5) is 224 Å². The number of esters is 1. The Morgan fingerprint density at radius 3 is 1.10 bits per heavy atom.